The van der Waals surface area contributed by atoms with E-state index >= 15 is 0 Å². The molecule has 0 aromatic rings. The number of carbonyl (C=O) groups excluding carboxylic acids is 1. The van der Waals surface area contributed by atoms with Crippen LogP contribution in [0.25, 0.3) is 0 Å². The van der Waals surface area contributed by atoms with E-state index in [9.17, 15) is 14.4 Å². The molecule has 0 amide bonds. The van der Waals surface area contributed by atoms with Crippen LogP contribution in [-0.4, -0.2) is 51.5 Å². The Kier molecular flexibility index (Phi) is 7.51. The van der Waals surface area contributed by atoms with Gasteiger partial charge in [0.15, 0.2) is 0 Å². The summed E-state index contributed by atoms with van der Waals surface area (Å²) < 4.78 is 0. The van der Waals surface area contributed by atoms with Crippen molar-refractivity contribution < 1.29 is 24.6 Å². The predicted octanol–water partition coefficient (Wildman–Crippen LogP) is -1.11. The van der Waals surface area contributed by atoms with Gasteiger partial charge in [-0.3, -0.25) is 14.4 Å². The van der Waals surface area contributed by atoms with Gasteiger partial charge >= 0.3 is 11.9 Å². The van der Waals surface area contributed by atoms with Crippen molar-refractivity contribution in [3.63, 3.8) is 0 Å². The molecule has 2 unspecified atom stereocenters. The fourth-order valence-electron chi connectivity index (χ4n) is 0.883. The number of hydrogen-bond acceptors (Lipinski definition) is 6. The molecule has 0 saturated heterocycles. The van der Waals surface area contributed by atoms with Gasteiger partial charge < -0.3 is 21.7 Å². The summed E-state index contributed by atoms with van der Waals surface area (Å²) in [6.07, 6.45) is 0.155. The molecule has 0 aliphatic carbocycles. The van der Waals surface area contributed by atoms with Gasteiger partial charge in [-0.25, -0.2) is 0 Å². The van der Waals surface area contributed by atoms with E-state index in [1.54, 1.807) is 0 Å². The fraction of sp³-hybridized carbons (Fsp3) is 0.667. The number of thioether (sulfide) groups is 1. The predicted molar refractivity (Wildman–Crippen MR) is 62.8 cm³/mol. The van der Waals surface area contributed by atoms with E-state index in [-0.39, 0.29) is 30.1 Å². The molecule has 0 aromatic carbocycles. The molecule has 0 aromatic heterocycles. The van der Waals surface area contributed by atoms with Crippen molar-refractivity contribution in [3.05, 3.63) is 0 Å². The third kappa shape index (κ3) is 7.72. The highest BCUT2D eigenvalue weighted by atomic mass is 32.2. The Balaban J connectivity index is 3.67. The van der Waals surface area contributed by atoms with E-state index in [2.05, 4.69) is 0 Å². The van der Waals surface area contributed by atoms with Crippen molar-refractivity contribution in [3.8, 4) is 0 Å². The van der Waals surface area contributed by atoms with Crippen molar-refractivity contribution in [1.82, 2.24) is 0 Å². The molecule has 8 heteroatoms. The first-order chi connectivity index (χ1) is 7.84. The van der Waals surface area contributed by atoms with Gasteiger partial charge in [-0.1, -0.05) is 0 Å². The van der Waals surface area contributed by atoms with E-state index in [0.29, 0.717) is 0 Å². The molecule has 98 valence electrons. The highest BCUT2D eigenvalue weighted by Gasteiger charge is 2.15. The first kappa shape index (κ1) is 15.9. The van der Waals surface area contributed by atoms with Crippen LogP contribution in [0.4, 0.5) is 0 Å². The highest BCUT2D eigenvalue weighted by molar-refractivity contribution is 8.00. The molecule has 0 bridgehead atoms. The van der Waals surface area contributed by atoms with Gasteiger partial charge in [-0.2, -0.15) is 11.8 Å². The summed E-state index contributed by atoms with van der Waals surface area (Å²) in [5.74, 6) is -2.15. The lowest BCUT2D eigenvalue weighted by atomic mass is 10.1. The summed E-state index contributed by atoms with van der Waals surface area (Å²) in [5.41, 5.74) is 10.5. The van der Waals surface area contributed by atoms with Crippen LogP contribution in [-0.2, 0) is 14.4 Å². The topological polar surface area (TPSA) is 144 Å². The molecule has 0 fully saturated rings. The summed E-state index contributed by atoms with van der Waals surface area (Å²) in [6, 6.07) is -2.03. The number of rotatable bonds is 9. The maximum Gasteiger partial charge on any atom is 0.321 e. The van der Waals surface area contributed by atoms with Crippen molar-refractivity contribution in [1.29, 1.82) is 0 Å². The maximum absolute atomic E-state index is 11.3. The number of carbonyl (C=O) groups is 3. The second-order valence-electron chi connectivity index (χ2n) is 3.48. The quantitative estimate of drug-likeness (QED) is 0.410. The number of nitrogens with two attached hydrogens (primary N) is 2. The van der Waals surface area contributed by atoms with Gasteiger partial charge in [0.1, 0.15) is 17.9 Å². The summed E-state index contributed by atoms with van der Waals surface area (Å²) in [5, 5.41) is 17.0. The van der Waals surface area contributed by atoms with Crippen LogP contribution in [0.2, 0.25) is 0 Å². The van der Waals surface area contributed by atoms with Gasteiger partial charge in [0.05, 0.1) is 5.75 Å². The van der Waals surface area contributed by atoms with Crippen LogP contribution in [0.5, 0.6) is 0 Å². The molecule has 0 spiro atoms. The molecular weight excluding hydrogens is 248 g/mol. The normalized spacial score (nSPS) is 14.0. The van der Waals surface area contributed by atoms with E-state index in [1.807, 2.05) is 0 Å². The molecule has 0 heterocycles. The Bertz CT molecular complexity index is 297. The summed E-state index contributed by atoms with van der Waals surface area (Å²) in [6.45, 7) is 0. The molecule has 6 N–H and O–H groups in total. The van der Waals surface area contributed by atoms with Gasteiger partial charge in [0.2, 0.25) is 0 Å². The monoisotopic (exact) mass is 264 g/mol. The molecule has 0 aliphatic heterocycles. The zero-order chi connectivity index (χ0) is 13.4. The largest absolute Gasteiger partial charge is 0.480 e. The molecule has 0 aliphatic rings. The van der Waals surface area contributed by atoms with Crippen LogP contribution in [0, 0.1) is 0 Å². The van der Waals surface area contributed by atoms with E-state index in [4.69, 9.17) is 21.7 Å². The number of aliphatic carboxylic acids is 2. The standard InChI is InChI=1S/C9H16N2O5S/c10-6(8(13)14)2-1-5(12)3-17-4-7(11)9(15)16/h6-7H,1-4,10-11H2,(H,13,14)(H,15,16). The van der Waals surface area contributed by atoms with E-state index in [1.165, 1.54) is 0 Å². The van der Waals surface area contributed by atoms with Crippen LogP contribution in [0.15, 0.2) is 0 Å². The first-order valence-electron chi connectivity index (χ1n) is 4.90. The Morgan fingerprint density at radius 1 is 1.06 bits per heavy atom. The van der Waals surface area contributed by atoms with E-state index < -0.39 is 24.0 Å². The lowest BCUT2D eigenvalue weighted by Crippen LogP contribution is -2.33. The molecule has 2 atom stereocenters. The average molecular weight is 264 g/mol. The molecule has 7 nitrogen and oxygen atoms in total. The van der Waals surface area contributed by atoms with Gasteiger partial charge in [-0.15, -0.1) is 0 Å². The van der Waals surface area contributed by atoms with Crippen LogP contribution >= 0.6 is 11.8 Å². The van der Waals surface area contributed by atoms with E-state index in [0.717, 1.165) is 11.8 Å². The van der Waals surface area contributed by atoms with Crippen LogP contribution in [0.1, 0.15) is 12.8 Å². The summed E-state index contributed by atoms with van der Waals surface area (Å²) >= 11 is 1.11. The SMILES string of the molecule is NC(CCC(=O)CSCC(N)C(=O)O)C(=O)O. The number of ketones is 1. The van der Waals surface area contributed by atoms with Crippen molar-refractivity contribution in [2.24, 2.45) is 11.5 Å². The Labute approximate surface area is 103 Å². The second kappa shape index (κ2) is 8.04. The zero-order valence-corrected chi connectivity index (χ0v) is 9.98. The minimum absolute atomic E-state index is 0.0722. The van der Waals surface area contributed by atoms with Crippen molar-refractivity contribution in [2.45, 2.75) is 24.9 Å². The fourth-order valence-corrected chi connectivity index (χ4v) is 1.77. The minimum Gasteiger partial charge on any atom is -0.480 e. The van der Waals surface area contributed by atoms with Gasteiger partial charge in [0, 0.05) is 12.2 Å². The van der Waals surface area contributed by atoms with Crippen molar-refractivity contribution in [2.75, 3.05) is 11.5 Å². The van der Waals surface area contributed by atoms with Gasteiger partial charge in [0.25, 0.3) is 0 Å². The first-order valence-corrected chi connectivity index (χ1v) is 6.06. The third-order valence-electron chi connectivity index (χ3n) is 1.93. The lowest BCUT2D eigenvalue weighted by molar-refractivity contribution is -0.139. The van der Waals surface area contributed by atoms with Crippen LogP contribution in [0.3, 0.4) is 0 Å². The van der Waals surface area contributed by atoms with Crippen molar-refractivity contribution >= 4 is 29.5 Å². The number of hydrogen-bond donors (Lipinski definition) is 4. The summed E-state index contributed by atoms with van der Waals surface area (Å²) in [4.78, 5) is 32.0. The van der Waals surface area contributed by atoms with Crippen LogP contribution < -0.4 is 11.5 Å². The average Bonchev–Trinajstić information content (AvgIpc) is 2.25. The smallest absolute Gasteiger partial charge is 0.321 e. The molecular formula is C9H16N2O5S. The summed E-state index contributed by atoms with van der Waals surface area (Å²) in [7, 11) is 0. The highest BCUT2D eigenvalue weighted by Crippen LogP contribution is 2.06. The molecule has 0 radical (unpaired) electrons. The molecule has 17 heavy (non-hydrogen) atoms. The Morgan fingerprint density at radius 2 is 1.59 bits per heavy atom. The Hall–Kier alpha value is -1.12. The minimum atomic E-state index is -1.14. The zero-order valence-electron chi connectivity index (χ0n) is 9.17. The number of carboxylic acids is 2. The lowest BCUT2D eigenvalue weighted by Gasteiger charge is -2.07. The molecule has 0 saturated carbocycles. The van der Waals surface area contributed by atoms with Gasteiger partial charge in [-0.05, 0) is 6.42 Å². The third-order valence-corrected chi connectivity index (χ3v) is 3.05. The molecule has 0 rings (SSSR count). The number of carboxylic acid groups (broad SMARTS) is 2. The second-order valence-corrected chi connectivity index (χ2v) is 4.51. The number of Topliss-reactive ketones (excluding diaryl/α,β-unsaturated/α-hetero) is 1. The Morgan fingerprint density at radius 3 is 2.06 bits per heavy atom. The maximum atomic E-state index is 11.3.